The minimum atomic E-state index is -0.0619. The predicted octanol–water partition coefficient (Wildman–Crippen LogP) is 1.74. The summed E-state index contributed by atoms with van der Waals surface area (Å²) in [5.74, 6) is 0.443. The molecule has 0 fully saturated rings. The fourth-order valence-corrected chi connectivity index (χ4v) is 1.89. The molecule has 0 saturated carbocycles. The Morgan fingerprint density at radius 2 is 2.12 bits per heavy atom. The number of hydrazone groups is 1. The summed E-state index contributed by atoms with van der Waals surface area (Å²) in [6.45, 7) is 1.83. The first-order valence-electron chi connectivity index (χ1n) is 5.33. The van der Waals surface area contributed by atoms with Crippen molar-refractivity contribution in [1.29, 1.82) is 0 Å². The molecule has 0 radical (unpaired) electrons. The highest BCUT2D eigenvalue weighted by Gasteiger charge is 2.25. The summed E-state index contributed by atoms with van der Waals surface area (Å²) in [7, 11) is 0. The Kier molecular flexibility index (Phi) is 2.11. The second-order valence-corrected chi connectivity index (χ2v) is 3.97. The van der Waals surface area contributed by atoms with Crippen LogP contribution in [0.15, 0.2) is 35.6 Å². The third-order valence-corrected chi connectivity index (χ3v) is 2.67. The molecule has 1 aromatic carbocycles. The lowest BCUT2D eigenvalue weighted by Crippen LogP contribution is -2.21. The minimum Gasteiger partial charge on any atom is -0.272 e. The number of carbonyl (C=O) groups excluding carboxylic acids is 1. The molecule has 3 rings (SSSR count). The lowest BCUT2D eigenvalue weighted by atomic mass is 10.2. The molecular weight excluding hydrogens is 216 g/mol. The van der Waals surface area contributed by atoms with Crippen molar-refractivity contribution in [2.45, 2.75) is 13.3 Å². The number of benzene rings is 1. The Hall–Kier alpha value is -2.30. The van der Waals surface area contributed by atoms with E-state index in [1.807, 2.05) is 31.2 Å². The molecule has 0 spiro atoms. The van der Waals surface area contributed by atoms with E-state index in [-0.39, 0.29) is 5.91 Å². The van der Waals surface area contributed by atoms with Crippen LogP contribution in [0.2, 0.25) is 0 Å². The highest BCUT2D eigenvalue weighted by atomic mass is 16.2. The van der Waals surface area contributed by atoms with Gasteiger partial charge in [-0.3, -0.25) is 4.79 Å². The Bertz CT molecular complexity index is 630. The predicted molar refractivity (Wildman–Crippen MR) is 64.8 cm³/mol. The molecule has 0 saturated heterocycles. The third kappa shape index (κ3) is 1.56. The van der Waals surface area contributed by atoms with Crippen LogP contribution in [0, 0.1) is 0 Å². The number of fused-ring (bicyclic) bond motifs is 1. The van der Waals surface area contributed by atoms with Crippen molar-refractivity contribution in [1.82, 2.24) is 10.2 Å². The van der Waals surface area contributed by atoms with Crippen LogP contribution in [0.4, 0.5) is 5.82 Å². The van der Waals surface area contributed by atoms with Crippen LogP contribution in [0.5, 0.6) is 0 Å². The fourth-order valence-electron chi connectivity index (χ4n) is 1.89. The van der Waals surface area contributed by atoms with Gasteiger partial charge in [-0.25, -0.2) is 0 Å². The van der Waals surface area contributed by atoms with E-state index in [0.29, 0.717) is 12.2 Å². The first kappa shape index (κ1) is 9.89. The maximum absolute atomic E-state index is 11.8. The number of carbonyl (C=O) groups is 1. The van der Waals surface area contributed by atoms with Gasteiger partial charge in [-0.2, -0.15) is 15.2 Å². The summed E-state index contributed by atoms with van der Waals surface area (Å²) < 4.78 is 0. The van der Waals surface area contributed by atoms with Crippen LogP contribution in [0.25, 0.3) is 10.8 Å². The van der Waals surface area contributed by atoms with Crippen molar-refractivity contribution in [2.24, 2.45) is 5.10 Å². The molecule has 5 heteroatoms. The number of amides is 1. The molecule has 0 N–H and O–H groups in total. The van der Waals surface area contributed by atoms with Crippen molar-refractivity contribution in [3.05, 3.63) is 30.5 Å². The van der Waals surface area contributed by atoms with Gasteiger partial charge >= 0.3 is 0 Å². The molecule has 17 heavy (non-hydrogen) atoms. The van der Waals surface area contributed by atoms with Crippen molar-refractivity contribution < 1.29 is 4.79 Å². The van der Waals surface area contributed by atoms with E-state index >= 15 is 0 Å². The Balaban J connectivity index is 2.21. The van der Waals surface area contributed by atoms with Crippen LogP contribution in [0.1, 0.15) is 13.3 Å². The SMILES string of the molecule is CC1=NN(c2nncc3ccccc23)C(=O)C1. The van der Waals surface area contributed by atoms with E-state index in [2.05, 4.69) is 15.3 Å². The Morgan fingerprint density at radius 1 is 1.29 bits per heavy atom. The van der Waals surface area contributed by atoms with Gasteiger partial charge < -0.3 is 0 Å². The molecule has 84 valence electrons. The quantitative estimate of drug-likeness (QED) is 0.744. The van der Waals surface area contributed by atoms with Crippen molar-refractivity contribution >= 4 is 28.2 Å². The molecule has 0 unspecified atom stereocenters. The smallest absolute Gasteiger partial charge is 0.254 e. The maximum Gasteiger partial charge on any atom is 0.254 e. The van der Waals surface area contributed by atoms with Crippen LogP contribution < -0.4 is 5.01 Å². The van der Waals surface area contributed by atoms with Gasteiger partial charge in [0.05, 0.1) is 12.6 Å². The highest BCUT2D eigenvalue weighted by Crippen LogP contribution is 2.26. The molecule has 0 atom stereocenters. The summed E-state index contributed by atoms with van der Waals surface area (Å²) in [4.78, 5) is 11.8. The van der Waals surface area contributed by atoms with Crippen LogP contribution in [-0.4, -0.2) is 21.8 Å². The van der Waals surface area contributed by atoms with Crippen LogP contribution in [-0.2, 0) is 4.79 Å². The molecule has 1 aromatic heterocycles. The van der Waals surface area contributed by atoms with Gasteiger partial charge in [0.15, 0.2) is 5.82 Å². The summed E-state index contributed by atoms with van der Waals surface area (Å²) in [5, 5.41) is 15.3. The molecule has 2 aromatic rings. The topological polar surface area (TPSA) is 58.5 Å². The molecule has 1 aliphatic rings. The summed E-state index contributed by atoms with van der Waals surface area (Å²) in [5.41, 5.74) is 0.796. The van der Waals surface area contributed by atoms with Gasteiger partial charge in [-0.05, 0) is 6.92 Å². The molecule has 5 nitrogen and oxygen atoms in total. The van der Waals surface area contributed by atoms with Crippen LogP contribution >= 0.6 is 0 Å². The van der Waals surface area contributed by atoms with E-state index < -0.39 is 0 Å². The Morgan fingerprint density at radius 3 is 2.88 bits per heavy atom. The number of hydrogen-bond donors (Lipinski definition) is 0. The summed E-state index contributed by atoms with van der Waals surface area (Å²) in [6, 6.07) is 7.68. The zero-order valence-corrected chi connectivity index (χ0v) is 9.29. The van der Waals surface area contributed by atoms with Crippen LogP contribution in [0.3, 0.4) is 0 Å². The average Bonchev–Trinajstić information content (AvgIpc) is 2.68. The number of rotatable bonds is 1. The monoisotopic (exact) mass is 226 g/mol. The zero-order valence-electron chi connectivity index (χ0n) is 9.29. The molecule has 2 heterocycles. The largest absolute Gasteiger partial charge is 0.272 e. The molecule has 0 aliphatic carbocycles. The Labute approximate surface area is 97.8 Å². The van der Waals surface area contributed by atoms with Crippen molar-refractivity contribution in [3.63, 3.8) is 0 Å². The highest BCUT2D eigenvalue weighted by molar-refractivity contribution is 6.14. The van der Waals surface area contributed by atoms with Gasteiger partial charge in [0.25, 0.3) is 5.91 Å². The fraction of sp³-hybridized carbons (Fsp3) is 0.167. The number of nitrogens with zero attached hydrogens (tertiary/aromatic N) is 4. The van der Waals surface area contributed by atoms with E-state index in [1.54, 1.807) is 6.20 Å². The lowest BCUT2D eigenvalue weighted by Gasteiger charge is -2.11. The molecule has 1 aliphatic heterocycles. The summed E-state index contributed by atoms with van der Waals surface area (Å²) in [6.07, 6.45) is 2.03. The molecular formula is C12H10N4O. The lowest BCUT2D eigenvalue weighted by molar-refractivity contribution is -0.116. The van der Waals surface area contributed by atoms with Crippen molar-refractivity contribution in [3.8, 4) is 0 Å². The number of aromatic nitrogens is 2. The van der Waals surface area contributed by atoms with E-state index in [1.165, 1.54) is 5.01 Å². The first-order chi connectivity index (χ1) is 8.25. The number of anilines is 1. The van der Waals surface area contributed by atoms with Gasteiger partial charge in [-0.1, -0.05) is 24.3 Å². The third-order valence-electron chi connectivity index (χ3n) is 2.67. The second-order valence-electron chi connectivity index (χ2n) is 3.97. The summed E-state index contributed by atoms with van der Waals surface area (Å²) >= 11 is 0. The van der Waals surface area contributed by atoms with Gasteiger partial charge in [0.2, 0.25) is 0 Å². The zero-order chi connectivity index (χ0) is 11.8. The van der Waals surface area contributed by atoms with Crippen molar-refractivity contribution in [2.75, 3.05) is 5.01 Å². The normalized spacial score (nSPS) is 15.5. The standard InChI is InChI=1S/C12H10N4O/c1-8-6-11(17)16(15-8)12-10-5-3-2-4-9(10)7-13-14-12/h2-5,7H,6H2,1H3. The first-order valence-corrected chi connectivity index (χ1v) is 5.33. The van der Waals surface area contributed by atoms with Gasteiger partial charge in [0, 0.05) is 16.5 Å². The number of hydrogen-bond acceptors (Lipinski definition) is 4. The van der Waals surface area contributed by atoms with E-state index in [4.69, 9.17) is 0 Å². The molecule has 0 bridgehead atoms. The minimum absolute atomic E-state index is 0.0619. The van der Waals surface area contributed by atoms with E-state index in [9.17, 15) is 4.79 Å². The van der Waals surface area contributed by atoms with E-state index in [0.717, 1.165) is 16.5 Å². The second kappa shape index (κ2) is 3.62. The van der Waals surface area contributed by atoms with Gasteiger partial charge in [-0.15, -0.1) is 5.10 Å². The molecule has 1 amide bonds. The van der Waals surface area contributed by atoms with Gasteiger partial charge in [0.1, 0.15) is 0 Å². The average molecular weight is 226 g/mol. The maximum atomic E-state index is 11.8.